The number of carbonyl (C=O) groups is 1. The number of amides is 1. The Morgan fingerprint density at radius 3 is 2.83 bits per heavy atom. The fourth-order valence-electron chi connectivity index (χ4n) is 3.34. The minimum Gasteiger partial charge on any atom is -0.491 e. The molecular weight excluding hydrogens is 503 g/mol. The number of aromatic amines is 1. The van der Waals surface area contributed by atoms with Crippen LogP contribution in [0.3, 0.4) is 0 Å². The van der Waals surface area contributed by atoms with Gasteiger partial charge in [0.2, 0.25) is 0 Å². The van der Waals surface area contributed by atoms with Crippen molar-refractivity contribution >= 4 is 56.3 Å². The number of carboxylic acid groups (broad SMARTS) is 1. The number of hydrogen-bond acceptors (Lipinski definition) is 6. The van der Waals surface area contributed by atoms with Crippen molar-refractivity contribution in [3.8, 4) is 5.75 Å². The summed E-state index contributed by atoms with van der Waals surface area (Å²) in [6, 6.07) is 0. The molecule has 0 radical (unpaired) electrons. The molecule has 4 N–H and O–H groups in total. The summed E-state index contributed by atoms with van der Waals surface area (Å²) in [7, 11) is 0. The average Bonchev–Trinajstić information content (AvgIpc) is 2.68. The van der Waals surface area contributed by atoms with E-state index >= 15 is 0 Å². The minimum absolute atomic E-state index is 0.0124. The molecule has 8 nitrogen and oxygen atoms in total. The molecule has 164 valence electrons. The Labute approximate surface area is 189 Å². The molecule has 2 aromatic rings. The van der Waals surface area contributed by atoms with Crippen molar-refractivity contribution < 1.29 is 19.0 Å². The first-order valence-corrected chi connectivity index (χ1v) is 11.7. The van der Waals surface area contributed by atoms with Crippen LogP contribution in [0.25, 0.3) is 10.9 Å². The van der Waals surface area contributed by atoms with Gasteiger partial charge in [-0.3, -0.25) is 4.79 Å². The normalized spacial score (nSPS) is 15.1. The van der Waals surface area contributed by atoms with Crippen LogP contribution in [0.1, 0.15) is 25.7 Å². The van der Waals surface area contributed by atoms with Gasteiger partial charge in [-0.25, -0.2) is 14.2 Å². The first-order valence-electron chi connectivity index (χ1n) is 9.27. The molecule has 1 amide bonds. The lowest BCUT2D eigenvalue weighted by Crippen LogP contribution is -2.59. The number of aromatic nitrogens is 2. The highest BCUT2D eigenvalue weighted by Gasteiger charge is 2.37. The Morgan fingerprint density at radius 1 is 1.50 bits per heavy atom. The van der Waals surface area contributed by atoms with Gasteiger partial charge in [0.05, 0.1) is 16.6 Å². The third-order valence-electron chi connectivity index (χ3n) is 5.00. The van der Waals surface area contributed by atoms with Crippen LogP contribution in [0.15, 0.2) is 14.4 Å². The summed E-state index contributed by atoms with van der Waals surface area (Å²) in [6.45, 7) is 1.33. The third kappa shape index (κ3) is 4.84. The monoisotopic (exact) mass is 522 g/mol. The van der Waals surface area contributed by atoms with Crippen LogP contribution in [-0.4, -0.2) is 52.7 Å². The lowest BCUT2D eigenvalue weighted by molar-refractivity contribution is 0.142. The predicted octanol–water partition coefficient (Wildman–Crippen LogP) is 3.75. The van der Waals surface area contributed by atoms with Gasteiger partial charge < -0.3 is 25.5 Å². The maximum absolute atomic E-state index is 14.6. The van der Waals surface area contributed by atoms with Gasteiger partial charge in [-0.15, -0.1) is 0 Å². The van der Waals surface area contributed by atoms with Gasteiger partial charge in [0.25, 0.3) is 5.56 Å². The summed E-state index contributed by atoms with van der Waals surface area (Å²) in [6.07, 6.45) is 3.88. The van der Waals surface area contributed by atoms with Crippen LogP contribution in [0.2, 0.25) is 5.02 Å². The molecule has 0 aliphatic heterocycles. The van der Waals surface area contributed by atoms with E-state index in [-0.39, 0.29) is 37.9 Å². The van der Waals surface area contributed by atoms with Gasteiger partial charge in [0, 0.05) is 6.54 Å². The SMILES string of the molecule is CSc1nc2c(F)c(Br)c(Cl)c(OCCCNCC3(NC(=O)O)CCC3)c2c(=O)[nH]1. The molecule has 1 fully saturated rings. The molecule has 1 aromatic carbocycles. The quantitative estimate of drug-likeness (QED) is 0.171. The molecule has 0 unspecified atom stereocenters. The molecule has 1 aliphatic rings. The van der Waals surface area contributed by atoms with E-state index in [1.807, 2.05) is 0 Å². The number of fused-ring (bicyclic) bond motifs is 1. The molecule has 0 atom stereocenters. The van der Waals surface area contributed by atoms with Crippen molar-refractivity contribution in [3.63, 3.8) is 0 Å². The first-order chi connectivity index (χ1) is 14.3. The summed E-state index contributed by atoms with van der Waals surface area (Å²) >= 11 is 10.5. The number of halogens is 3. The Hall–Kier alpha value is -1.56. The van der Waals surface area contributed by atoms with Crippen LogP contribution in [-0.2, 0) is 0 Å². The van der Waals surface area contributed by atoms with Crippen LogP contribution in [0, 0.1) is 5.82 Å². The summed E-state index contributed by atoms with van der Waals surface area (Å²) in [5.41, 5.74) is -1.04. The fraction of sp³-hybridized carbons (Fsp3) is 0.500. The largest absolute Gasteiger partial charge is 0.491 e. The maximum Gasteiger partial charge on any atom is 0.405 e. The maximum atomic E-state index is 14.6. The highest BCUT2D eigenvalue weighted by atomic mass is 79.9. The van der Waals surface area contributed by atoms with Crippen molar-refractivity contribution in [2.75, 3.05) is 26.0 Å². The molecular formula is C18H21BrClFN4O4S. The van der Waals surface area contributed by atoms with Gasteiger partial charge in [-0.2, -0.15) is 0 Å². The topological polar surface area (TPSA) is 116 Å². The average molecular weight is 524 g/mol. The van der Waals surface area contributed by atoms with E-state index in [9.17, 15) is 14.0 Å². The predicted molar refractivity (Wildman–Crippen MR) is 118 cm³/mol. The van der Waals surface area contributed by atoms with Gasteiger partial charge in [-0.05, 0) is 54.4 Å². The van der Waals surface area contributed by atoms with E-state index in [0.717, 1.165) is 19.3 Å². The second-order valence-electron chi connectivity index (χ2n) is 7.01. The molecule has 1 aliphatic carbocycles. The smallest absolute Gasteiger partial charge is 0.405 e. The Balaban J connectivity index is 1.65. The lowest BCUT2D eigenvalue weighted by Gasteiger charge is -2.41. The summed E-state index contributed by atoms with van der Waals surface area (Å²) < 4.78 is 20.3. The Morgan fingerprint density at radius 2 is 2.23 bits per heavy atom. The number of ether oxygens (including phenoxy) is 1. The number of H-pyrrole nitrogens is 1. The Kier molecular flexibility index (Phi) is 7.48. The first kappa shape index (κ1) is 23.1. The summed E-state index contributed by atoms with van der Waals surface area (Å²) in [4.78, 5) is 30.1. The van der Waals surface area contributed by atoms with Crippen molar-refractivity contribution in [1.29, 1.82) is 0 Å². The van der Waals surface area contributed by atoms with Crippen LogP contribution >= 0.6 is 39.3 Å². The van der Waals surface area contributed by atoms with Crippen molar-refractivity contribution in [2.45, 2.75) is 36.4 Å². The summed E-state index contributed by atoms with van der Waals surface area (Å²) in [5, 5.41) is 15.0. The summed E-state index contributed by atoms with van der Waals surface area (Å²) in [5.74, 6) is -0.647. The lowest BCUT2D eigenvalue weighted by atomic mass is 9.77. The number of hydrogen-bond donors (Lipinski definition) is 4. The minimum atomic E-state index is -1.02. The van der Waals surface area contributed by atoms with Crippen LogP contribution in [0.5, 0.6) is 5.75 Å². The van der Waals surface area contributed by atoms with Gasteiger partial charge in [0.15, 0.2) is 16.7 Å². The molecule has 0 saturated heterocycles. The molecule has 3 rings (SSSR count). The number of nitrogens with zero attached hydrogens (tertiary/aromatic N) is 1. The molecule has 1 aromatic heterocycles. The van der Waals surface area contributed by atoms with Crippen LogP contribution in [0.4, 0.5) is 9.18 Å². The second-order valence-corrected chi connectivity index (χ2v) is 8.98. The van der Waals surface area contributed by atoms with Gasteiger partial charge in [0.1, 0.15) is 15.9 Å². The number of nitrogens with one attached hydrogen (secondary N) is 3. The molecule has 30 heavy (non-hydrogen) atoms. The van der Waals surface area contributed by atoms with Crippen LogP contribution < -0.4 is 20.9 Å². The molecule has 12 heteroatoms. The van der Waals surface area contributed by atoms with E-state index in [2.05, 4.69) is 36.5 Å². The van der Waals surface area contributed by atoms with Crippen molar-refractivity contribution in [3.05, 3.63) is 25.7 Å². The molecule has 1 heterocycles. The van der Waals surface area contributed by atoms with E-state index in [1.54, 1.807) is 6.26 Å². The van der Waals surface area contributed by atoms with E-state index in [0.29, 0.717) is 19.5 Å². The second kappa shape index (κ2) is 9.71. The Bertz CT molecular complexity index is 1020. The number of rotatable bonds is 9. The number of benzene rings is 1. The van der Waals surface area contributed by atoms with Crippen molar-refractivity contribution in [1.82, 2.24) is 20.6 Å². The van der Waals surface area contributed by atoms with E-state index in [4.69, 9.17) is 21.4 Å². The molecule has 1 saturated carbocycles. The zero-order valence-electron chi connectivity index (χ0n) is 16.1. The molecule has 0 spiro atoms. The highest BCUT2D eigenvalue weighted by molar-refractivity contribution is 9.10. The number of thioether (sulfide) groups is 1. The standard InChI is InChI=1S/C18H21BrClFN4O4S/c1-30-16-23-13-9(15(26)24-16)14(11(20)10(19)12(13)21)29-7-3-6-22-8-18(4-2-5-18)25-17(27)28/h22,25H,2-8H2,1H3,(H,27,28)(H,23,24,26). The zero-order valence-corrected chi connectivity index (χ0v) is 19.3. The van der Waals surface area contributed by atoms with Crippen molar-refractivity contribution in [2.24, 2.45) is 0 Å². The van der Waals surface area contributed by atoms with Gasteiger partial charge in [-0.1, -0.05) is 23.4 Å². The van der Waals surface area contributed by atoms with E-state index in [1.165, 1.54) is 11.8 Å². The third-order valence-corrected chi connectivity index (χ3v) is 6.91. The highest BCUT2D eigenvalue weighted by Crippen LogP contribution is 2.40. The fourth-order valence-corrected chi connectivity index (χ4v) is 4.32. The molecule has 0 bridgehead atoms. The van der Waals surface area contributed by atoms with Gasteiger partial charge >= 0.3 is 6.09 Å². The van der Waals surface area contributed by atoms with E-state index < -0.39 is 23.0 Å². The zero-order chi connectivity index (χ0) is 21.9.